The summed E-state index contributed by atoms with van der Waals surface area (Å²) in [7, 11) is 0. The van der Waals surface area contributed by atoms with E-state index >= 15 is 0 Å². The number of hydrogen-bond acceptors (Lipinski definition) is 8. The molecule has 11 nitrogen and oxygen atoms in total. The molecule has 1 saturated heterocycles. The molecule has 0 aliphatic carbocycles. The number of nitrogens with zero attached hydrogens (tertiary/aromatic N) is 8. The minimum absolute atomic E-state index is 0.119. The predicted molar refractivity (Wildman–Crippen MR) is 119 cm³/mol. The largest absolute Gasteiger partial charge is 0.463 e. The monoisotopic (exact) mass is 446 g/mol. The van der Waals surface area contributed by atoms with E-state index in [9.17, 15) is 9.59 Å². The van der Waals surface area contributed by atoms with E-state index in [0.29, 0.717) is 43.5 Å². The van der Waals surface area contributed by atoms with E-state index in [1.807, 2.05) is 29.8 Å². The van der Waals surface area contributed by atoms with Gasteiger partial charge in [0.05, 0.1) is 6.26 Å². The first kappa shape index (κ1) is 20.6. The van der Waals surface area contributed by atoms with E-state index in [1.165, 1.54) is 17.0 Å². The fourth-order valence-corrected chi connectivity index (χ4v) is 3.77. The summed E-state index contributed by atoms with van der Waals surface area (Å²) in [5.74, 6) is 2.69. The van der Waals surface area contributed by atoms with Crippen molar-refractivity contribution in [2.75, 3.05) is 31.1 Å². The average Bonchev–Trinajstić information content (AvgIpc) is 3.53. The van der Waals surface area contributed by atoms with E-state index in [4.69, 9.17) is 4.42 Å². The van der Waals surface area contributed by atoms with E-state index < -0.39 is 0 Å². The van der Waals surface area contributed by atoms with Crippen molar-refractivity contribution < 1.29 is 9.21 Å². The molecule has 33 heavy (non-hydrogen) atoms. The van der Waals surface area contributed by atoms with Crippen LogP contribution in [-0.2, 0) is 11.3 Å². The van der Waals surface area contributed by atoms with Crippen LogP contribution in [0.15, 0.2) is 64.3 Å². The maximum atomic E-state index is 12.8. The fourth-order valence-electron chi connectivity index (χ4n) is 3.77. The molecule has 0 spiro atoms. The second-order valence-corrected chi connectivity index (χ2v) is 7.65. The highest BCUT2D eigenvalue weighted by atomic mass is 16.3. The first-order valence-corrected chi connectivity index (χ1v) is 10.6. The molecule has 11 heteroatoms. The molecule has 5 heterocycles. The lowest BCUT2D eigenvalue weighted by Crippen LogP contribution is -2.50. The van der Waals surface area contributed by atoms with Gasteiger partial charge in [-0.3, -0.25) is 14.2 Å². The summed E-state index contributed by atoms with van der Waals surface area (Å²) in [5.41, 5.74) is 0.172. The van der Waals surface area contributed by atoms with Crippen molar-refractivity contribution in [1.29, 1.82) is 0 Å². The molecule has 5 rings (SSSR count). The van der Waals surface area contributed by atoms with Gasteiger partial charge in [-0.25, -0.2) is 9.67 Å². The number of carbonyl (C=O) groups is 1. The van der Waals surface area contributed by atoms with Gasteiger partial charge in [0.15, 0.2) is 17.4 Å². The van der Waals surface area contributed by atoms with Crippen molar-refractivity contribution in [1.82, 2.24) is 34.4 Å². The summed E-state index contributed by atoms with van der Waals surface area (Å²) in [6, 6.07) is 10.3. The number of furan rings is 1. The van der Waals surface area contributed by atoms with E-state index in [0.717, 1.165) is 11.6 Å². The Bertz CT molecular complexity index is 1300. The Morgan fingerprint density at radius 1 is 1.03 bits per heavy atom. The lowest BCUT2D eigenvalue weighted by atomic mass is 10.3. The molecule has 0 bridgehead atoms. The molecule has 0 unspecified atom stereocenters. The smallest absolute Gasteiger partial charge is 0.267 e. The Morgan fingerprint density at radius 3 is 2.48 bits per heavy atom. The number of hydrogen-bond donors (Lipinski definition) is 0. The highest BCUT2D eigenvalue weighted by molar-refractivity contribution is 5.76. The Morgan fingerprint density at radius 2 is 1.82 bits per heavy atom. The van der Waals surface area contributed by atoms with Gasteiger partial charge in [-0.2, -0.15) is 5.10 Å². The van der Waals surface area contributed by atoms with Gasteiger partial charge in [0.25, 0.3) is 5.56 Å². The summed E-state index contributed by atoms with van der Waals surface area (Å²) in [4.78, 5) is 33.0. The molecular weight excluding hydrogens is 424 g/mol. The lowest BCUT2D eigenvalue weighted by Gasteiger charge is -2.35. The third-order valence-corrected chi connectivity index (χ3v) is 5.59. The molecule has 0 saturated carbocycles. The number of imidazole rings is 1. The van der Waals surface area contributed by atoms with Crippen molar-refractivity contribution in [3.8, 4) is 17.3 Å². The molecule has 0 atom stereocenters. The quantitative estimate of drug-likeness (QED) is 0.448. The normalized spacial score (nSPS) is 14.0. The summed E-state index contributed by atoms with van der Waals surface area (Å²) in [5, 5.41) is 12.9. The lowest BCUT2D eigenvalue weighted by molar-refractivity contribution is -0.132. The van der Waals surface area contributed by atoms with Crippen molar-refractivity contribution in [2.24, 2.45) is 0 Å². The molecule has 1 fully saturated rings. The van der Waals surface area contributed by atoms with Crippen LogP contribution >= 0.6 is 0 Å². The van der Waals surface area contributed by atoms with Gasteiger partial charge in [0.1, 0.15) is 18.1 Å². The summed E-state index contributed by atoms with van der Waals surface area (Å²) < 4.78 is 8.37. The predicted octanol–water partition coefficient (Wildman–Crippen LogP) is 1.14. The molecule has 1 amide bonds. The molecule has 0 radical (unpaired) electrons. The van der Waals surface area contributed by atoms with E-state index in [1.54, 1.807) is 29.3 Å². The number of carbonyl (C=O) groups excluding carboxylic acids is 1. The molecule has 168 valence electrons. The van der Waals surface area contributed by atoms with Gasteiger partial charge in [-0.1, -0.05) is 0 Å². The van der Waals surface area contributed by atoms with Gasteiger partial charge < -0.3 is 14.2 Å². The summed E-state index contributed by atoms with van der Waals surface area (Å²) in [6.45, 7) is 4.08. The van der Waals surface area contributed by atoms with Gasteiger partial charge in [0, 0.05) is 44.6 Å². The zero-order chi connectivity index (χ0) is 22.8. The van der Waals surface area contributed by atoms with Crippen LogP contribution in [0.25, 0.3) is 17.3 Å². The van der Waals surface area contributed by atoms with Crippen molar-refractivity contribution in [2.45, 2.75) is 13.5 Å². The van der Waals surface area contributed by atoms with Crippen LogP contribution in [0.5, 0.6) is 0 Å². The number of aryl methyl sites for hydroxylation is 1. The first-order chi connectivity index (χ1) is 16.1. The molecule has 1 aliphatic rings. The van der Waals surface area contributed by atoms with Crippen LogP contribution in [0.2, 0.25) is 0 Å². The second kappa shape index (κ2) is 8.69. The zero-order valence-electron chi connectivity index (χ0n) is 18.0. The fraction of sp³-hybridized carbons (Fsp3) is 0.273. The topological polar surface area (TPSA) is 115 Å². The van der Waals surface area contributed by atoms with E-state index in [-0.39, 0.29) is 18.0 Å². The third-order valence-electron chi connectivity index (χ3n) is 5.59. The number of aromatic nitrogens is 6. The third kappa shape index (κ3) is 4.25. The molecule has 4 aromatic rings. The van der Waals surface area contributed by atoms with Crippen LogP contribution in [0.1, 0.15) is 5.82 Å². The van der Waals surface area contributed by atoms with Crippen LogP contribution in [0.3, 0.4) is 0 Å². The number of piperazine rings is 1. The van der Waals surface area contributed by atoms with Crippen LogP contribution in [0, 0.1) is 6.92 Å². The minimum atomic E-state index is -0.333. The Labute approximate surface area is 188 Å². The maximum absolute atomic E-state index is 12.8. The van der Waals surface area contributed by atoms with Crippen LogP contribution in [-0.4, -0.2) is 66.5 Å². The van der Waals surface area contributed by atoms with Gasteiger partial charge in [-0.15, -0.1) is 10.2 Å². The van der Waals surface area contributed by atoms with Crippen LogP contribution < -0.4 is 10.5 Å². The number of amides is 1. The van der Waals surface area contributed by atoms with Crippen molar-refractivity contribution in [3.05, 3.63) is 71.2 Å². The van der Waals surface area contributed by atoms with E-state index in [2.05, 4.69) is 25.2 Å². The molecule has 0 aromatic carbocycles. The van der Waals surface area contributed by atoms with Crippen molar-refractivity contribution >= 4 is 11.7 Å². The zero-order valence-corrected chi connectivity index (χ0v) is 18.0. The Kier molecular flexibility index (Phi) is 5.43. The number of anilines is 1. The molecule has 1 aliphatic heterocycles. The summed E-state index contributed by atoms with van der Waals surface area (Å²) >= 11 is 0. The Balaban J connectivity index is 1.21. The summed E-state index contributed by atoms with van der Waals surface area (Å²) in [6.07, 6.45) is 5.10. The van der Waals surface area contributed by atoms with Crippen molar-refractivity contribution in [3.63, 3.8) is 0 Å². The Hall–Kier alpha value is -4.28. The highest BCUT2D eigenvalue weighted by Crippen LogP contribution is 2.16. The second-order valence-electron chi connectivity index (χ2n) is 7.65. The SMILES string of the molecule is Cc1nccn1-c1ccc(N2CCN(C(=O)Cn3nc(-c4ccco4)ccc3=O)CC2)nn1. The maximum Gasteiger partial charge on any atom is 0.267 e. The standard InChI is InChI=1S/C22H22N8O3/c1-16-23-8-9-29(16)20-6-5-19(24-25-20)27-10-12-28(13-11-27)22(32)15-30-21(31)7-4-17(26-30)18-3-2-14-33-18/h2-9,14H,10-13,15H2,1H3. The minimum Gasteiger partial charge on any atom is -0.463 e. The van der Waals surface area contributed by atoms with Gasteiger partial charge >= 0.3 is 0 Å². The number of rotatable bonds is 5. The highest BCUT2D eigenvalue weighted by Gasteiger charge is 2.23. The molecular formula is C22H22N8O3. The molecule has 4 aromatic heterocycles. The average molecular weight is 446 g/mol. The molecule has 0 N–H and O–H groups in total. The van der Waals surface area contributed by atoms with Gasteiger partial charge in [-0.05, 0) is 37.3 Å². The van der Waals surface area contributed by atoms with Crippen LogP contribution in [0.4, 0.5) is 5.82 Å². The first-order valence-electron chi connectivity index (χ1n) is 10.6. The van der Waals surface area contributed by atoms with Gasteiger partial charge in [0.2, 0.25) is 5.91 Å².